The highest BCUT2D eigenvalue weighted by Crippen LogP contribution is 2.37. The zero-order chi connectivity index (χ0) is 18.2. The number of alkyl halides is 3. The second-order valence-corrected chi connectivity index (χ2v) is 8.19. The summed E-state index contributed by atoms with van der Waals surface area (Å²) in [5.41, 5.74) is 0.158. The number of benzene rings is 2. The number of halogens is 4. The summed E-state index contributed by atoms with van der Waals surface area (Å²) in [6.07, 6.45) is -2.44. The quantitative estimate of drug-likeness (QED) is 0.804. The van der Waals surface area contributed by atoms with Crippen molar-refractivity contribution in [2.24, 2.45) is 5.92 Å². The monoisotopic (exact) mass is 389 g/mol. The van der Waals surface area contributed by atoms with E-state index in [-0.39, 0.29) is 4.90 Å². The van der Waals surface area contributed by atoms with Gasteiger partial charge in [0, 0.05) is 6.54 Å². The first-order valence-electron chi connectivity index (χ1n) is 7.64. The smallest absolute Gasteiger partial charge is 0.211 e. The lowest BCUT2D eigenvalue weighted by Gasteiger charge is -2.11. The average Bonchev–Trinajstić information content (AvgIpc) is 3.36. The molecule has 0 unspecified atom stereocenters. The van der Waals surface area contributed by atoms with Crippen LogP contribution >= 0.6 is 11.6 Å². The van der Waals surface area contributed by atoms with E-state index >= 15 is 0 Å². The molecule has 134 valence electrons. The summed E-state index contributed by atoms with van der Waals surface area (Å²) in [5, 5.41) is -0.396. The van der Waals surface area contributed by atoms with E-state index in [1.54, 1.807) is 12.1 Å². The summed E-state index contributed by atoms with van der Waals surface area (Å²) in [6.45, 7) is 0.429. The van der Waals surface area contributed by atoms with Crippen molar-refractivity contribution in [1.82, 2.24) is 4.72 Å². The van der Waals surface area contributed by atoms with Crippen LogP contribution < -0.4 is 4.72 Å². The van der Waals surface area contributed by atoms with E-state index in [0.29, 0.717) is 23.6 Å². The van der Waals surface area contributed by atoms with Gasteiger partial charge in [-0.2, -0.15) is 13.2 Å². The second kappa shape index (κ2) is 6.63. The molecule has 0 aliphatic heterocycles. The number of sulfonamides is 1. The molecule has 1 N–H and O–H groups in total. The molecular formula is C17H15ClF3NO2S. The highest BCUT2D eigenvalue weighted by atomic mass is 35.5. The summed E-state index contributed by atoms with van der Waals surface area (Å²) in [4.78, 5) is 0.120. The summed E-state index contributed by atoms with van der Waals surface area (Å²) in [7, 11) is -3.57. The summed E-state index contributed by atoms with van der Waals surface area (Å²) in [5.74, 6) is 0.420. The molecule has 0 bridgehead atoms. The third kappa shape index (κ3) is 4.34. The van der Waals surface area contributed by atoms with Gasteiger partial charge >= 0.3 is 6.18 Å². The van der Waals surface area contributed by atoms with Crippen molar-refractivity contribution < 1.29 is 21.6 Å². The van der Waals surface area contributed by atoms with Crippen LogP contribution in [0.4, 0.5) is 13.2 Å². The van der Waals surface area contributed by atoms with Crippen molar-refractivity contribution in [3.05, 3.63) is 53.1 Å². The number of hydrogen-bond donors (Lipinski definition) is 1. The Morgan fingerprint density at radius 3 is 2.16 bits per heavy atom. The molecule has 2 aromatic carbocycles. The molecule has 8 heteroatoms. The lowest BCUT2D eigenvalue weighted by molar-refractivity contribution is -0.137. The van der Waals surface area contributed by atoms with Crippen molar-refractivity contribution in [2.45, 2.75) is 23.9 Å². The van der Waals surface area contributed by atoms with E-state index in [0.717, 1.165) is 18.9 Å². The van der Waals surface area contributed by atoms with Gasteiger partial charge in [0.25, 0.3) is 0 Å². The van der Waals surface area contributed by atoms with Crippen LogP contribution in [0.15, 0.2) is 47.4 Å². The number of rotatable bonds is 5. The predicted molar refractivity (Wildman–Crippen MR) is 89.8 cm³/mol. The molecule has 0 atom stereocenters. The van der Waals surface area contributed by atoms with Crippen LogP contribution in [-0.4, -0.2) is 15.0 Å². The minimum Gasteiger partial charge on any atom is -0.211 e. The van der Waals surface area contributed by atoms with Gasteiger partial charge in [-0.3, -0.25) is 0 Å². The highest BCUT2D eigenvalue weighted by Gasteiger charge is 2.33. The molecular weight excluding hydrogens is 375 g/mol. The molecule has 3 rings (SSSR count). The Hall–Kier alpha value is -1.57. The fourth-order valence-corrected chi connectivity index (χ4v) is 3.79. The van der Waals surface area contributed by atoms with Crippen LogP contribution in [0.2, 0.25) is 5.02 Å². The Balaban J connectivity index is 1.81. The van der Waals surface area contributed by atoms with Crippen LogP contribution in [-0.2, 0) is 16.2 Å². The van der Waals surface area contributed by atoms with Gasteiger partial charge in [-0.15, -0.1) is 0 Å². The fourth-order valence-electron chi connectivity index (χ4n) is 2.38. The van der Waals surface area contributed by atoms with Crippen molar-refractivity contribution in [3.8, 4) is 11.1 Å². The zero-order valence-electron chi connectivity index (χ0n) is 13.0. The molecule has 1 saturated carbocycles. The molecule has 3 nitrogen and oxygen atoms in total. The van der Waals surface area contributed by atoms with Crippen molar-refractivity contribution >= 4 is 21.6 Å². The topological polar surface area (TPSA) is 46.2 Å². The molecule has 1 fully saturated rings. The van der Waals surface area contributed by atoms with E-state index in [2.05, 4.69) is 4.72 Å². The first kappa shape index (κ1) is 18.2. The standard InChI is InChI=1S/C17H15ClF3NO2S/c18-16-9-13(5-8-15(16)17(19,20)21)12-3-6-14(7-4-12)25(23,24)22-10-11-1-2-11/h3-9,11,22H,1-2,10H2. The first-order valence-corrected chi connectivity index (χ1v) is 9.50. The summed E-state index contributed by atoms with van der Waals surface area (Å²) < 4.78 is 65.1. The molecule has 1 aliphatic carbocycles. The molecule has 25 heavy (non-hydrogen) atoms. The summed E-state index contributed by atoms with van der Waals surface area (Å²) >= 11 is 5.72. The largest absolute Gasteiger partial charge is 0.417 e. The van der Waals surface area contributed by atoms with Gasteiger partial charge in [0.05, 0.1) is 15.5 Å². The lowest BCUT2D eigenvalue weighted by atomic mass is 10.0. The number of nitrogens with one attached hydrogen (secondary N) is 1. The van der Waals surface area contributed by atoms with E-state index in [1.165, 1.54) is 24.3 Å². The van der Waals surface area contributed by atoms with E-state index in [4.69, 9.17) is 11.6 Å². The molecule has 2 aromatic rings. The normalized spacial score (nSPS) is 15.4. The second-order valence-electron chi connectivity index (χ2n) is 6.01. The maximum Gasteiger partial charge on any atom is 0.417 e. The molecule has 0 amide bonds. The lowest BCUT2D eigenvalue weighted by Crippen LogP contribution is -2.25. The number of hydrogen-bond acceptors (Lipinski definition) is 2. The van der Waals surface area contributed by atoms with Crippen LogP contribution in [0.1, 0.15) is 18.4 Å². The Morgan fingerprint density at radius 1 is 1.04 bits per heavy atom. The van der Waals surface area contributed by atoms with Crippen LogP contribution in [0.5, 0.6) is 0 Å². The van der Waals surface area contributed by atoms with Crippen molar-refractivity contribution in [3.63, 3.8) is 0 Å². The molecule has 1 aliphatic rings. The minimum atomic E-state index is -4.51. The molecule has 0 saturated heterocycles. The van der Waals surface area contributed by atoms with Crippen LogP contribution in [0.25, 0.3) is 11.1 Å². The SMILES string of the molecule is O=S(=O)(NCC1CC1)c1ccc(-c2ccc(C(F)(F)F)c(Cl)c2)cc1. The predicted octanol–water partition coefficient (Wildman–Crippen LogP) is 4.71. The first-order chi connectivity index (χ1) is 11.7. The van der Waals surface area contributed by atoms with Gasteiger partial charge in [0.15, 0.2) is 0 Å². The molecule has 0 radical (unpaired) electrons. The maximum absolute atomic E-state index is 12.7. The molecule has 0 aromatic heterocycles. The molecule has 0 spiro atoms. The van der Waals surface area contributed by atoms with Crippen molar-refractivity contribution in [2.75, 3.05) is 6.54 Å². The Kier molecular flexibility index (Phi) is 4.83. The highest BCUT2D eigenvalue weighted by molar-refractivity contribution is 7.89. The average molecular weight is 390 g/mol. The van der Waals surface area contributed by atoms with Gasteiger partial charge in [-0.1, -0.05) is 29.8 Å². The van der Waals surface area contributed by atoms with E-state index < -0.39 is 26.8 Å². The van der Waals surface area contributed by atoms with Gasteiger partial charge < -0.3 is 0 Å². The van der Waals surface area contributed by atoms with E-state index in [9.17, 15) is 21.6 Å². The Labute approximate surface area is 148 Å². The van der Waals surface area contributed by atoms with Gasteiger partial charge in [0.2, 0.25) is 10.0 Å². The van der Waals surface area contributed by atoms with E-state index in [1.807, 2.05) is 0 Å². The van der Waals surface area contributed by atoms with Gasteiger partial charge in [0.1, 0.15) is 0 Å². The third-order valence-electron chi connectivity index (χ3n) is 4.03. The Morgan fingerprint density at radius 2 is 1.64 bits per heavy atom. The van der Waals surface area contributed by atoms with Crippen molar-refractivity contribution in [1.29, 1.82) is 0 Å². The van der Waals surface area contributed by atoms with Gasteiger partial charge in [-0.05, 0) is 54.2 Å². The van der Waals surface area contributed by atoms with Gasteiger partial charge in [-0.25, -0.2) is 13.1 Å². The van der Waals surface area contributed by atoms with Crippen LogP contribution in [0.3, 0.4) is 0 Å². The maximum atomic E-state index is 12.7. The molecule has 0 heterocycles. The van der Waals surface area contributed by atoms with Crippen LogP contribution in [0, 0.1) is 5.92 Å². The minimum absolute atomic E-state index is 0.120. The zero-order valence-corrected chi connectivity index (χ0v) is 14.5. The Bertz CT molecular complexity index is 876. The third-order valence-corrected chi connectivity index (χ3v) is 5.78. The summed E-state index contributed by atoms with van der Waals surface area (Å²) in [6, 6.07) is 9.39. The fraction of sp³-hybridized carbons (Fsp3) is 0.294.